The molecule has 2 saturated heterocycles. The number of carbonyl (C=O) groups is 5. The Bertz CT molecular complexity index is 2050. The van der Waals surface area contributed by atoms with Crippen molar-refractivity contribution in [2.24, 2.45) is 35.3 Å². The first kappa shape index (κ1) is 68.6. The molecule has 0 aromatic heterocycles. The van der Waals surface area contributed by atoms with E-state index in [-0.39, 0.29) is 50.2 Å². The molecule has 4 aliphatic rings. The highest BCUT2D eigenvalue weighted by Gasteiger charge is 2.53. The lowest BCUT2D eigenvalue weighted by atomic mass is 9.80. The van der Waals surface area contributed by atoms with Crippen LogP contribution in [-0.4, -0.2) is 191 Å². The molecule has 3 heterocycles. The summed E-state index contributed by atoms with van der Waals surface area (Å²) >= 11 is 0. The normalized spacial score (nSPS) is 35.9. The molecule has 6 N–H and O–H groups in total. The van der Waals surface area contributed by atoms with E-state index >= 15 is 0 Å². The minimum Gasteiger partial charge on any atom is -0.459 e. The molecule has 2 bridgehead atoms. The molecule has 0 aromatic rings. The number of rotatable bonds is 18. The fourth-order valence-electron chi connectivity index (χ4n) is 11.2. The highest BCUT2D eigenvalue weighted by Crippen LogP contribution is 2.37. The van der Waals surface area contributed by atoms with Crippen molar-refractivity contribution in [1.82, 2.24) is 10.2 Å². The summed E-state index contributed by atoms with van der Waals surface area (Å²) in [6.07, 6.45) is 9.16. The van der Waals surface area contributed by atoms with E-state index in [0.29, 0.717) is 103 Å². The molecule has 1 saturated carbocycles. The monoisotopic (exact) mass is 1130 g/mol. The van der Waals surface area contributed by atoms with Gasteiger partial charge in [-0.25, -0.2) is 9.59 Å². The molecule has 0 aromatic carbocycles. The molecule has 3 fully saturated rings. The number of ketones is 2. The lowest BCUT2D eigenvalue weighted by Crippen LogP contribution is -2.61. The highest BCUT2D eigenvalue weighted by atomic mass is 16.6. The molecular weight excluding hydrogens is 1030 g/mol. The van der Waals surface area contributed by atoms with Crippen molar-refractivity contribution in [3.05, 3.63) is 47.6 Å². The Labute approximate surface area is 475 Å². The Morgan fingerprint density at radius 3 is 2.19 bits per heavy atom. The molecule has 1 aliphatic carbocycles. The van der Waals surface area contributed by atoms with Crippen LogP contribution < -0.4 is 11.1 Å². The third-order valence-corrected chi connectivity index (χ3v) is 16.2. The number of amides is 2. The van der Waals surface area contributed by atoms with E-state index in [0.717, 1.165) is 16.9 Å². The Kier molecular flexibility index (Phi) is 30.2. The molecule has 0 spiro atoms. The number of hydrogen-bond acceptors (Lipinski definition) is 18. The molecule has 0 radical (unpaired) electrons. The van der Waals surface area contributed by atoms with Gasteiger partial charge in [0.05, 0.1) is 57.5 Å². The smallest absolute Gasteiger partial charge is 0.407 e. The van der Waals surface area contributed by atoms with Crippen molar-refractivity contribution < 1.29 is 81.9 Å². The first-order valence-corrected chi connectivity index (χ1v) is 29.3. The largest absolute Gasteiger partial charge is 0.459 e. The number of nitrogens with one attached hydrogen (secondary N) is 1. The summed E-state index contributed by atoms with van der Waals surface area (Å²) in [6.45, 7) is 15.8. The topological polar surface area (TPSA) is 270 Å². The van der Waals surface area contributed by atoms with Gasteiger partial charge in [-0.2, -0.15) is 0 Å². The summed E-state index contributed by atoms with van der Waals surface area (Å²) in [5.41, 5.74) is 8.29. The zero-order valence-electron chi connectivity index (χ0n) is 49.6. The van der Waals surface area contributed by atoms with E-state index in [1.807, 2.05) is 58.1 Å². The second-order valence-electron chi connectivity index (χ2n) is 22.6. The van der Waals surface area contributed by atoms with Crippen LogP contribution >= 0.6 is 0 Å². The Hall–Kier alpha value is -3.93. The minimum atomic E-state index is -2.47. The predicted octanol–water partition coefficient (Wildman–Crippen LogP) is 5.86. The lowest BCUT2D eigenvalue weighted by molar-refractivity contribution is -0.265. The van der Waals surface area contributed by atoms with Gasteiger partial charge in [0.15, 0.2) is 5.78 Å². The maximum Gasteiger partial charge on any atom is 0.407 e. The number of ether oxygens (including phenoxy) is 9. The van der Waals surface area contributed by atoms with E-state index in [4.69, 9.17) is 48.4 Å². The number of esters is 1. The molecule has 16 atom stereocenters. The van der Waals surface area contributed by atoms with Gasteiger partial charge < -0.3 is 73.9 Å². The summed E-state index contributed by atoms with van der Waals surface area (Å²) in [5.74, 6) is -7.73. The van der Waals surface area contributed by atoms with Gasteiger partial charge in [0.2, 0.25) is 5.79 Å². The van der Waals surface area contributed by atoms with E-state index in [9.17, 15) is 39.3 Å². The molecule has 0 unspecified atom stereocenters. The molecule has 4 rings (SSSR count). The van der Waals surface area contributed by atoms with Crippen LogP contribution in [0.1, 0.15) is 132 Å². The zero-order valence-corrected chi connectivity index (χ0v) is 49.6. The van der Waals surface area contributed by atoms with Gasteiger partial charge in [0, 0.05) is 77.7 Å². The van der Waals surface area contributed by atoms with Gasteiger partial charge in [-0.15, -0.1) is 0 Å². The summed E-state index contributed by atoms with van der Waals surface area (Å²) < 4.78 is 52.0. The maximum absolute atomic E-state index is 14.6. The van der Waals surface area contributed by atoms with Crippen LogP contribution in [-0.2, 0) is 61.8 Å². The number of cyclic esters (lactones) is 1. The number of carbonyl (C=O) groups excluding carboxylic acids is 5. The second-order valence-corrected chi connectivity index (χ2v) is 22.6. The number of piperidine rings is 1. The number of aliphatic hydroxyl groups is 3. The number of methoxy groups -OCH3 is 3. The first-order chi connectivity index (χ1) is 38.2. The van der Waals surface area contributed by atoms with E-state index in [1.165, 1.54) is 7.11 Å². The Balaban J connectivity index is 1.56. The summed E-state index contributed by atoms with van der Waals surface area (Å²) in [5, 5.41) is 38.3. The highest BCUT2D eigenvalue weighted by molar-refractivity contribution is 6.39. The average Bonchev–Trinajstić information content (AvgIpc) is 3.49. The van der Waals surface area contributed by atoms with Crippen LogP contribution in [0.25, 0.3) is 0 Å². The van der Waals surface area contributed by atoms with Gasteiger partial charge in [-0.05, 0) is 107 Å². The first-order valence-electron chi connectivity index (χ1n) is 29.3. The number of hydrogen-bond donors (Lipinski definition) is 5. The Morgan fingerprint density at radius 1 is 0.812 bits per heavy atom. The SMILES string of the molecule is CCCOCCOCCOCCNC(=O)O[C@@H]1CC[C@@H](C[C@@H](N)[C@@H]2C[C@@H](O)[C@H](C)/C=C(\C)[C@@H](O)[C@@H](OC)C(=O)[C@H](C)C[C@H](C)/C=C/C=C/C=C(\C)[C@@H](OC)C[C@@H]3CC[C@@H](C)[C@@](O)(O3)C(=O)C(=O)N3CCCC[C@H]3C(=O)O2)C[C@H]1OC. The van der Waals surface area contributed by atoms with Gasteiger partial charge >= 0.3 is 12.1 Å². The Morgan fingerprint density at radius 2 is 1.51 bits per heavy atom. The van der Waals surface area contributed by atoms with E-state index < -0.39 is 108 Å². The van der Waals surface area contributed by atoms with Crippen LogP contribution in [0.4, 0.5) is 4.79 Å². The average molecular weight is 1130 g/mol. The number of allylic oxidation sites excluding steroid dienone is 5. The van der Waals surface area contributed by atoms with Crippen LogP contribution in [0.15, 0.2) is 47.6 Å². The molecule has 20 heteroatoms. The number of aliphatic hydroxyl groups excluding tert-OH is 2. The number of alkyl carbamates (subject to hydrolysis) is 1. The van der Waals surface area contributed by atoms with Gasteiger partial charge in [0.25, 0.3) is 11.7 Å². The number of Topliss-reactive ketones (excluding diaryl/α,β-unsaturated/α-hetero) is 2. The van der Waals surface area contributed by atoms with Gasteiger partial charge in [-0.1, -0.05) is 71.1 Å². The molecule has 80 heavy (non-hydrogen) atoms. The summed E-state index contributed by atoms with van der Waals surface area (Å²) in [4.78, 5) is 71.2. The summed E-state index contributed by atoms with van der Waals surface area (Å²) in [6, 6.07) is -2.07. The van der Waals surface area contributed by atoms with Crippen molar-refractivity contribution in [3.63, 3.8) is 0 Å². The standard InChI is InChI=1S/C60H99N3O17/c1-11-26-75-28-30-77-31-29-76-27-24-62-59(70)79-49-23-21-44(35-52(49)73-9)34-46(61)51-37-48(64)40(4)33-42(6)54(66)55(74-10)53(65)41(5)32-38(2)17-13-12-14-18-39(3)50(72-8)36-45-22-20-43(7)60(71,80-45)56(67)57(68)63-25-16-15-19-47(63)58(69)78-51/h12-14,17-18,33,38,40-41,43-52,54-55,64,66,71H,11,15-16,19-32,34-37,61H2,1-10H3,(H,62,70)/b14-12+,17-13+,39-18+,42-33+/t38-,40-,41-,43-,44+,45+,46-,47+,48-,49-,50+,51+,52-,54-,55+,60-/m1/s1. The zero-order chi connectivity index (χ0) is 58.9. The third-order valence-electron chi connectivity index (χ3n) is 16.2. The van der Waals surface area contributed by atoms with Crippen LogP contribution in [0, 0.1) is 29.6 Å². The molecule has 456 valence electrons. The van der Waals surface area contributed by atoms with Gasteiger partial charge in [0.1, 0.15) is 30.5 Å². The predicted molar refractivity (Wildman–Crippen MR) is 300 cm³/mol. The lowest BCUT2D eigenvalue weighted by Gasteiger charge is -2.42. The van der Waals surface area contributed by atoms with Crippen molar-refractivity contribution in [2.75, 3.05) is 74.1 Å². The van der Waals surface area contributed by atoms with Crippen molar-refractivity contribution >= 4 is 29.5 Å². The number of nitrogens with two attached hydrogens (primary N) is 1. The fraction of sp³-hybridized carbons (Fsp3) is 0.783. The van der Waals surface area contributed by atoms with Crippen LogP contribution in [0.5, 0.6) is 0 Å². The van der Waals surface area contributed by atoms with Crippen molar-refractivity contribution in [3.8, 4) is 0 Å². The quantitative estimate of drug-likeness (QED) is 0.0466. The van der Waals surface area contributed by atoms with Crippen LogP contribution in [0.3, 0.4) is 0 Å². The van der Waals surface area contributed by atoms with Crippen molar-refractivity contribution in [1.29, 1.82) is 0 Å². The maximum atomic E-state index is 14.6. The van der Waals surface area contributed by atoms with E-state index in [2.05, 4.69) is 5.32 Å². The van der Waals surface area contributed by atoms with Crippen molar-refractivity contribution in [2.45, 2.75) is 199 Å². The minimum absolute atomic E-state index is 0.000372. The molecular formula is C60H99N3O17. The third kappa shape index (κ3) is 21.0. The second kappa shape index (κ2) is 35.3. The van der Waals surface area contributed by atoms with Crippen LogP contribution in [0.2, 0.25) is 0 Å². The number of nitrogens with zero attached hydrogens (tertiary/aromatic N) is 1. The number of fused-ring (bicyclic) bond motifs is 3. The van der Waals surface area contributed by atoms with Gasteiger partial charge in [-0.3, -0.25) is 14.4 Å². The molecule has 3 aliphatic heterocycles. The fourth-order valence-corrected chi connectivity index (χ4v) is 11.2. The molecule has 2 amide bonds. The summed E-state index contributed by atoms with van der Waals surface area (Å²) in [7, 11) is 4.49. The molecule has 20 nitrogen and oxygen atoms in total. The van der Waals surface area contributed by atoms with E-state index in [1.54, 1.807) is 41.1 Å².